The first-order chi connectivity index (χ1) is 54.9. The topological polar surface area (TPSA) is 41.6 Å². The van der Waals surface area contributed by atoms with Crippen molar-refractivity contribution in [3.8, 4) is 66.8 Å². The number of furan rings is 2. The number of nitrogens with zero attached hydrogens (tertiary/aromatic N) is 1. The standard InChI is InChI=1S/C53H33NO.C29H17Br.C24H17NO/c1-2-13-37(14-3-1)54(38-26-22-34(23-27-38)36-25-31-51-45(32-36)43-17-8-11-21-50(43)55-51)39-28-29-42-41-16-6-9-19-46(41)53(49(42)33-39)47-20-10-7-18-44(47)52-40-15-5-4-12-35(40)24-30-48(52)53;30-19-14-15-22-21-9-3-5-11-24(21)29(27(22)17-19)25-12-6-4-10-23(25)28-20-8-2-1-7-18(20)13-16-26(28)29;1-2-6-19(7-3-1)25-20-13-10-17(11-14-20)18-12-15-24-22(16-18)21-8-4-5-9-23(21)26-24/h1-33H;1-17H;1-16,25H. The number of nitrogens with one attached hydrogen (secondary N) is 1. The normalized spacial score (nSPS) is 14.8. The summed E-state index contributed by atoms with van der Waals surface area (Å²) in [6, 6.07) is 145. The molecule has 2 aromatic heterocycles. The minimum atomic E-state index is -0.444. The van der Waals surface area contributed by atoms with Gasteiger partial charge in [0.15, 0.2) is 0 Å². The van der Waals surface area contributed by atoms with Crippen LogP contribution in [0.3, 0.4) is 0 Å². The highest BCUT2D eigenvalue weighted by molar-refractivity contribution is 9.10. The van der Waals surface area contributed by atoms with Crippen LogP contribution in [0.1, 0.15) is 44.5 Å². The molecule has 4 aliphatic carbocycles. The summed E-state index contributed by atoms with van der Waals surface area (Å²) < 4.78 is 13.2. The molecule has 0 aliphatic heterocycles. The molecule has 2 heterocycles. The lowest BCUT2D eigenvalue weighted by Gasteiger charge is -2.32. The smallest absolute Gasteiger partial charge is 0.135 e. The average Bonchev–Trinajstić information content (AvgIpc) is 1.51. The molecule has 0 saturated carbocycles. The maximum Gasteiger partial charge on any atom is 0.135 e. The van der Waals surface area contributed by atoms with Gasteiger partial charge in [0.1, 0.15) is 22.3 Å². The lowest BCUT2D eigenvalue weighted by Crippen LogP contribution is -2.26. The molecule has 0 radical (unpaired) electrons. The van der Waals surface area contributed by atoms with Gasteiger partial charge in [0.25, 0.3) is 0 Å². The van der Waals surface area contributed by atoms with Crippen LogP contribution in [-0.4, -0.2) is 0 Å². The Balaban J connectivity index is 0.000000113. The van der Waals surface area contributed by atoms with Gasteiger partial charge in [0, 0.05) is 54.5 Å². The zero-order valence-electron chi connectivity index (χ0n) is 60.2. The van der Waals surface area contributed by atoms with Crippen LogP contribution in [-0.2, 0) is 10.8 Å². The molecule has 111 heavy (non-hydrogen) atoms. The summed E-state index contributed by atoms with van der Waals surface area (Å²) in [7, 11) is 0. The molecular weight excluding hydrogens is 1410 g/mol. The van der Waals surface area contributed by atoms with E-state index < -0.39 is 5.41 Å². The van der Waals surface area contributed by atoms with Crippen molar-refractivity contribution in [1.29, 1.82) is 0 Å². The fourth-order valence-electron chi connectivity index (χ4n) is 19.0. The van der Waals surface area contributed by atoms with Gasteiger partial charge in [0.05, 0.1) is 10.8 Å². The molecule has 20 aromatic rings. The van der Waals surface area contributed by atoms with Crippen molar-refractivity contribution >= 4 is 110 Å². The molecule has 0 fully saturated rings. The minimum Gasteiger partial charge on any atom is -0.456 e. The van der Waals surface area contributed by atoms with Crippen molar-refractivity contribution in [1.82, 2.24) is 0 Å². The van der Waals surface area contributed by atoms with Crippen molar-refractivity contribution in [2.45, 2.75) is 10.8 Å². The molecule has 4 aliphatic rings. The van der Waals surface area contributed by atoms with Crippen molar-refractivity contribution in [2.24, 2.45) is 0 Å². The van der Waals surface area contributed by atoms with Crippen LogP contribution in [0.25, 0.3) is 132 Å². The number of rotatable bonds is 7. The van der Waals surface area contributed by atoms with Crippen molar-refractivity contribution in [3.05, 3.63) is 449 Å². The van der Waals surface area contributed by atoms with Gasteiger partial charge in [-0.25, -0.2) is 0 Å². The molecule has 0 saturated heterocycles. The van der Waals surface area contributed by atoms with Crippen LogP contribution in [0, 0.1) is 0 Å². The third-order valence-corrected chi connectivity index (χ3v) is 24.2. The largest absolute Gasteiger partial charge is 0.456 e. The zero-order chi connectivity index (χ0) is 73.3. The van der Waals surface area contributed by atoms with Crippen molar-refractivity contribution in [3.63, 3.8) is 0 Å². The second-order valence-electron chi connectivity index (χ2n) is 29.4. The van der Waals surface area contributed by atoms with Crippen LogP contribution < -0.4 is 10.2 Å². The quantitative estimate of drug-likeness (QED) is 0.173. The van der Waals surface area contributed by atoms with E-state index in [1.807, 2.05) is 48.5 Å². The van der Waals surface area contributed by atoms with Gasteiger partial charge in [-0.15, -0.1) is 0 Å². The number of para-hydroxylation sites is 4. The van der Waals surface area contributed by atoms with Crippen LogP contribution in [0.4, 0.5) is 28.4 Å². The SMILES string of the molecule is Brc1ccc2c(c1)C1(c3ccccc3-2)c2ccccc2-c2c1ccc1ccccc21.c1ccc(N(c2ccc(-c3ccc4oc5ccccc5c4c3)cc2)c2ccc3c(c2)C2(c4ccccc4-3)c3ccccc3-c3c2ccc2ccccc32)cc1.c1ccc(Nc2ccc(-c3ccc4oc5ccccc5c4c3)cc2)cc1. The second kappa shape index (κ2) is 25.7. The van der Waals surface area contributed by atoms with E-state index in [1.54, 1.807) is 0 Å². The maximum atomic E-state index is 6.13. The third kappa shape index (κ3) is 9.99. The average molecular weight is 1480 g/mol. The third-order valence-electron chi connectivity index (χ3n) is 23.7. The number of anilines is 5. The van der Waals surface area contributed by atoms with Gasteiger partial charge in [0.2, 0.25) is 0 Å². The van der Waals surface area contributed by atoms with Crippen LogP contribution in [0.5, 0.6) is 0 Å². The maximum absolute atomic E-state index is 6.13. The number of hydrogen-bond donors (Lipinski definition) is 1. The van der Waals surface area contributed by atoms with E-state index in [4.69, 9.17) is 8.83 Å². The fourth-order valence-corrected chi connectivity index (χ4v) is 19.3. The Labute approximate surface area is 651 Å². The summed E-state index contributed by atoms with van der Waals surface area (Å²) in [4.78, 5) is 2.40. The van der Waals surface area contributed by atoms with Crippen LogP contribution in [0.15, 0.2) is 414 Å². The Bertz CT molecular complexity index is 7140. The van der Waals surface area contributed by atoms with E-state index in [9.17, 15) is 0 Å². The zero-order valence-corrected chi connectivity index (χ0v) is 61.8. The van der Waals surface area contributed by atoms with Gasteiger partial charge in [-0.3, -0.25) is 0 Å². The Morgan fingerprint density at radius 2 is 0.595 bits per heavy atom. The number of halogens is 1. The predicted molar refractivity (Wildman–Crippen MR) is 464 cm³/mol. The van der Waals surface area contributed by atoms with Gasteiger partial charge >= 0.3 is 0 Å². The Hall–Kier alpha value is -13.8. The molecule has 0 bridgehead atoms. The molecule has 4 nitrogen and oxygen atoms in total. The number of fused-ring (bicyclic) bond motifs is 30. The molecule has 18 aromatic carbocycles. The monoisotopic (exact) mass is 1480 g/mol. The van der Waals surface area contributed by atoms with Crippen LogP contribution >= 0.6 is 15.9 Å². The summed E-state index contributed by atoms with van der Waals surface area (Å²) in [6.45, 7) is 0. The van der Waals surface area contributed by atoms with E-state index in [0.717, 1.165) is 76.8 Å². The highest BCUT2D eigenvalue weighted by atomic mass is 79.9. The highest BCUT2D eigenvalue weighted by Gasteiger charge is 2.54. The lowest BCUT2D eigenvalue weighted by molar-refractivity contribution is 0.668. The molecule has 5 heteroatoms. The predicted octanol–water partition coefficient (Wildman–Crippen LogP) is 29.2. The molecule has 520 valence electrons. The van der Waals surface area contributed by atoms with Crippen molar-refractivity contribution < 1.29 is 8.83 Å². The van der Waals surface area contributed by atoms with E-state index in [0.29, 0.717) is 0 Å². The first-order valence-electron chi connectivity index (χ1n) is 38.0. The molecule has 24 rings (SSSR count). The molecular formula is C106H67BrN2O2. The molecule has 2 atom stereocenters. The van der Waals surface area contributed by atoms with E-state index in [-0.39, 0.29) is 5.41 Å². The van der Waals surface area contributed by atoms with Gasteiger partial charge in [-0.05, 0) is 242 Å². The molecule has 0 amide bonds. The number of benzene rings is 18. The lowest BCUT2D eigenvalue weighted by atomic mass is 9.70. The van der Waals surface area contributed by atoms with Crippen molar-refractivity contribution in [2.75, 3.05) is 10.2 Å². The summed E-state index contributed by atoms with van der Waals surface area (Å²) in [5, 5.41) is 13.2. The fraction of sp³-hybridized carbons (Fsp3) is 0.0189. The highest BCUT2D eigenvalue weighted by Crippen LogP contribution is 2.66. The Morgan fingerprint density at radius 3 is 1.13 bits per heavy atom. The first kappa shape index (κ1) is 64.3. The van der Waals surface area contributed by atoms with Gasteiger partial charge < -0.3 is 19.1 Å². The van der Waals surface area contributed by atoms with Gasteiger partial charge in [-0.1, -0.05) is 307 Å². The minimum absolute atomic E-state index is 0.272. The summed E-state index contributed by atoms with van der Waals surface area (Å²) in [5.41, 5.74) is 34.8. The molecule has 2 unspecified atom stereocenters. The number of hydrogen-bond acceptors (Lipinski definition) is 4. The van der Waals surface area contributed by atoms with E-state index >= 15 is 0 Å². The summed E-state index contributed by atoms with van der Waals surface area (Å²) in [6.07, 6.45) is 0. The first-order valence-corrected chi connectivity index (χ1v) is 38.8. The second-order valence-corrected chi connectivity index (χ2v) is 30.3. The summed E-state index contributed by atoms with van der Waals surface area (Å²) in [5.74, 6) is 0. The Kier molecular flexibility index (Phi) is 14.9. The van der Waals surface area contributed by atoms with E-state index in [1.165, 1.54) is 133 Å². The van der Waals surface area contributed by atoms with Gasteiger partial charge in [-0.2, -0.15) is 0 Å². The van der Waals surface area contributed by atoms with E-state index in [2.05, 4.69) is 378 Å². The molecule has 1 N–H and O–H groups in total. The van der Waals surface area contributed by atoms with Crippen LogP contribution in [0.2, 0.25) is 0 Å². The Morgan fingerprint density at radius 1 is 0.225 bits per heavy atom. The summed E-state index contributed by atoms with van der Waals surface area (Å²) >= 11 is 3.76. The molecule has 2 spiro atoms.